The van der Waals surface area contributed by atoms with Crippen LogP contribution in [-0.2, 0) is 10.0 Å². The summed E-state index contributed by atoms with van der Waals surface area (Å²) in [5, 5.41) is 13.2. The molecule has 0 atom stereocenters. The molecular weight excluding hydrogens is 323 g/mol. The molecule has 108 valence electrons. The monoisotopic (exact) mass is 334 g/mol. The first-order valence-corrected chi connectivity index (χ1v) is 7.95. The highest BCUT2D eigenvalue weighted by atomic mass is 35.5. The Balaban J connectivity index is 2.73. The normalized spacial score (nSPS) is 12.1. The Morgan fingerprint density at radius 3 is 2.40 bits per heavy atom. The average Bonchev–Trinajstić information content (AvgIpc) is 2.72. The van der Waals surface area contributed by atoms with Crippen molar-refractivity contribution in [3.8, 4) is 11.4 Å². The molecule has 0 aliphatic rings. The SMILES string of the molecule is CC(C)n1c(-c2ccc(Cl)cc2Cl)nnc1S(N)(=O)=O. The van der Waals surface area contributed by atoms with Gasteiger partial charge in [0.25, 0.3) is 15.2 Å². The molecule has 6 nitrogen and oxygen atoms in total. The number of sulfonamides is 1. The topological polar surface area (TPSA) is 90.9 Å². The van der Waals surface area contributed by atoms with Crippen molar-refractivity contribution in [1.29, 1.82) is 0 Å². The van der Waals surface area contributed by atoms with Gasteiger partial charge in [-0.15, -0.1) is 10.2 Å². The molecule has 2 rings (SSSR count). The minimum atomic E-state index is -3.97. The van der Waals surface area contributed by atoms with E-state index >= 15 is 0 Å². The van der Waals surface area contributed by atoms with Crippen LogP contribution in [0.1, 0.15) is 19.9 Å². The van der Waals surface area contributed by atoms with E-state index in [4.69, 9.17) is 28.3 Å². The summed E-state index contributed by atoms with van der Waals surface area (Å²) in [7, 11) is -3.97. The molecule has 0 fully saturated rings. The van der Waals surface area contributed by atoms with E-state index in [0.717, 1.165) is 0 Å². The van der Waals surface area contributed by atoms with E-state index in [9.17, 15) is 8.42 Å². The second kappa shape index (κ2) is 5.33. The van der Waals surface area contributed by atoms with Gasteiger partial charge in [0.2, 0.25) is 0 Å². The van der Waals surface area contributed by atoms with Crippen molar-refractivity contribution in [2.45, 2.75) is 25.0 Å². The number of nitrogens with zero attached hydrogens (tertiary/aromatic N) is 3. The van der Waals surface area contributed by atoms with Crippen molar-refractivity contribution in [1.82, 2.24) is 14.8 Å². The maximum absolute atomic E-state index is 11.5. The molecule has 0 saturated carbocycles. The fourth-order valence-corrected chi connectivity index (χ4v) is 3.01. The smallest absolute Gasteiger partial charge is 0.273 e. The lowest BCUT2D eigenvalue weighted by molar-refractivity contribution is 0.524. The third kappa shape index (κ3) is 2.80. The molecule has 0 amide bonds. The van der Waals surface area contributed by atoms with Gasteiger partial charge in [-0.1, -0.05) is 23.2 Å². The first kappa shape index (κ1) is 15.2. The van der Waals surface area contributed by atoms with Crippen LogP contribution in [0.5, 0.6) is 0 Å². The molecule has 0 saturated heterocycles. The van der Waals surface area contributed by atoms with Gasteiger partial charge in [-0.25, -0.2) is 13.6 Å². The molecule has 0 aliphatic carbocycles. The van der Waals surface area contributed by atoms with E-state index < -0.39 is 10.0 Å². The third-order valence-corrected chi connectivity index (χ3v) is 3.94. The van der Waals surface area contributed by atoms with E-state index in [1.54, 1.807) is 32.0 Å². The molecule has 1 aromatic carbocycles. The Bertz CT molecular complexity index is 756. The minimum absolute atomic E-state index is 0.208. The van der Waals surface area contributed by atoms with Gasteiger partial charge >= 0.3 is 0 Å². The lowest BCUT2D eigenvalue weighted by Gasteiger charge is -2.13. The van der Waals surface area contributed by atoms with Gasteiger partial charge in [0.05, 0.1) is 5.02 Å². The van der Waals surface area contributed by atoms with E-state index in [0.29, 0.717) is 21.4 Å². The average molecular weight is 335 g/mol. The first-order chi connectivity index (χ1) is 9.21. The Hall–Kier alpha value is -1.15. The molecule has 1 aromatic heterocycles. The van der Waals surface area contributed by atoms with Crippen LogP contribution in [0.15, 0.2) is 23.4 Å². The van der Waals surface area contributed by atoms with Gasteiger partial charge in [-0.2, -0.15) is 0 Å². The number of nitrogens with two attached hydrogens (primary N) is 1. The van der Waals surface area contributed by atoms with Gasteiger partial charge in [0.1, 0.15) is 0 Å². The maximum Gasteiger partial charge on any atom is 0.273 e. The van der Waals surface area contributed by atoms with Crippen molar-refractivity contribution < 1.29 is 8.42 Å². The van der Waals surface area contributed by atoms with Crippen molar-refractivity contribution >= 4 is 33.2 Å². The second-order valence-corrected chi connectivity index (χ2v) is 6.74. The van der Waals surface area contributed by atoms with Gasteiger partial charge in [-0.3, -0.25) is 4.57 Å². The molecular formula is C11H12Cl2N4O2S. The maximum atomic E-state index is 11.5. The zero-order chi connectivity index (χ0) is 15.1. The number of primary sulfonamides is 1. The highest BCUT2D eigenvalue weighted by Gasteiger charge is 2.24. The molecule has 2 aromatic rings. The molecule has 0 radical (unpaired) electrons. The van der Waals surface area contributed by atoms with E-state index in [2.05, 4.69) is 10.2 Å². The fraction of sp³-hybridized carbons (Fsp3) is 0.273. The molecule has 0 bridgehead atoms. The summed E-state index contributed by atoms with van der Waals surface area (Å²) in [4.78, 5) is 0. The lowest BCUT2D eigenvalue weighted by Crippen LogP contribution is -2.20. The Kier molecular flexibility index (Phi) is 4.06. The zero-order valence-electron chi connectivity index (χ0n) is 10.7. The largest absolute Gasteiger partial charge is 0.294 e. The quantitative estimate of drug-likeness (QED) is 0.933. The van der Waals surface area contributed by atoms with Crippen molar-refractivity contribution in [3.05, 3.63) is 28.2 Å². The Morgan fingerprint density at radius 2 is 1.90 bits per heavy atom. The Labute approximate surface area is 126 Å². The minimum Gasteiger partial charge on any atom is -0.294 e. The predicted octanol–water partition coefficient (Wildman–Crippen LogP) is 2.48. The van der Waals surface area contributed by atoms with Crippen molar-refractivity contribution in [3.63, 3.8) is 0 Å². The summed E-state index contributed by atoms with van der Waals surface area (Å²) < 4.78 is 24.5. The predicted molar refractivity (Wildman–Crippen MR) is 77.2 cm³/mol. The van der Waals surface area contributed by atoms with Gasteiger partial charge in [0, 0.05) is 16.6 Å². The van der Waals surface area contributed by atoms with Crippen LogP contribution in [-0.4, -0.2) is 23.2 Å². The summed E-state index contributed by atoms with van der Waals surface area (Å²) in [6, 6.07) is 4.63. The molecule has 20 heavy (non-hydrogen) atoms. The second-order valence-electron chi connectivity index (χ2n) is 4.44. The first-order valence-electron chi connectivity index (χ1n) is 5.65. The van der Waals surface area contributed by atoms with Crippen molar-refractivity contribution in [2.24, 2.45) is 5.14 Å². The fourth-order valence-electron chi connectivity index (χ4n) is 1.79. The third-order valence-electron chi connectivity index (χ3n) is 2.61. The standard InChI is InChI=1S/C11H12Cl2N4O2S/c1-6(2)17-10(15-16-11(17)20(14,18)19)8-4-3-7(12)5-9(8)13/h3-6H,1-2H3,(H2,14,18,19). The molecule has 0 aliphatic heterocycles. The molecule has 0 spiro atoms. The summed E-state index contributed by atoms with van der Waals surface area (Å²) in [5.41, 5.74) is 0.534. The van der Waals surface area contributed by atoms with Gasteiger partial charge < -0.3 is 0 Å². The van der Waals surface area contributed by atoms with Crippen LogP contribution in [0.3, 0.4) is 0 Å². The van der Waals surface area contributed by atoms with Crippen molar-refractivity contribution in [2.75, 3.05) is 0 Å². The summed E-state index contributed by atoms with van der Waals surface area (Å²) in [5.74, 6) is 0.325. The lowest BCUT2D eigenvalue weighted by atomic mass is 10.2. The zero-order valence-corrected chi connectivity index (χ0v) is 13.0. The number of hydrogen-bond donors (Lipinski definition) is 1. The van der Waals surface area contributed by atoms with E-state index in [-0.39, 0.29) is 11.2 Å². The van der Waals surface area contributed by atoms with Crippen LogP contribution in [0.2, 0.25) is 10.0 Å². The molecule has 0 unspecified atom stereocenters. The summed E-state index contributed by atoms with van der Waals surface area (Å²) >= 11 is 12.0. The van der Waals surface area contributed by atoms with Crippen LogP contribution in [0.4, 0.5) is 0 Å². The molecule has 9 heteroatoms. The highest BCUT2D eigenvalue weighted by Crippen LogP contribution is 2.31. The number of aromatic nitrogens is 3. The Morgan fingerprint density at radius 1 is 1.25 bits per heavy atom. The highest BCUT2D eigenvalue weighted by molar-refractivity contribution is 7.89. The molecule has 2 N–H and O–H groups in total. The van der Waals surface area contributed by atoms with Gasteiger partial charge in [0.15, 0.2) is 5.82 Å². The number of halogens is 2. The van der Waals surface area contributed by atoms with E-state index in [1.807, 2.05) is 0 Å². The van der Waals surface area contributed by atoms with Gasteiger partial charge in [-0.05, 0) is 32.0 Å². The van der Waals surface area contributed by atoms with Crippen LogP contribution >= 0.6 is 23.2 Å². The summed E-state index contributed by atoms with van der Waals surface area (Å²) in [6.07, 6.45) is 0. The summed E-state index contributed by atoms with van der Waals surface area (Å²) in [6.45, 7) is 3.59. The van der Waals surface area contributed by atoms with Crippen LogP contribution in [0.25, 0.3) is 11.4 Å². The van der Waals surface area contributed by atoms with E-state index in [1.165, 1.54) is 4.57 Å². The van der Waals surface area contributed by atoms with Crippen LogP contribution < -0.4 is 5.14 Å². The number of hydrogen-bond acceptors (Lipinski definition) is 4. The number of rotatable bonds is 3. The number of benzene rings is 1. The molecule has 1 heterocycles. The van der Waals surface area contributed by atoms with Crippen LogP contribution in [0, 0.1) is 0 Å².